The smallest absolute Gasteiger partial charge is 0.234 e. The van der Waals surface area contributed by atoms with Crippen LogP contribution in [0.3, 0.4) is 0 Å². The lowest BCUT2D eigenvalue weighted by molar-refractivity contribution is -0.113. The van der Waals surface area contributed by atoms with Crippen LogP contribution in [0.25, 0.3) is 0 Å². The van der Waals surface area contributed by atoms with Gasteiger partial charge < -0.3 is 14.6 Å². The van der Waals surface area contributed by atoms with E-state index in [1.165, 1.54) is 17.3 Å². The largest absolute Gasteiger partial charge is 0.486 e. The summed E-state index contributed by atoms with van der Waals surface area (Å²) in [5.41, 5.74) is 3.04. The van der Waals surface area contributed by atoms with Crippen LogP contribution < -0.4 is 10.1 Å². The molecule has 29 heavy (non-hydrogen) atoms. The molecular weight excluding hydrogens is 408 g/mol. The summed E-state index contributed by atoms with van der Waals surface area (Å²) in [5.74, 6) is 1.59. The van der Waals surface area contributed by atoms with Crippen molar-refractivity contribution in [3.8, 4) is 5.75 Å². The number of nitrogens with zero attached hydrogens (tertiary/aromatic N) is 3. The monoisotopic (exact) mass is 430 g/mol. The minimum absolute atomic E-state index is 0.0772. The molecule has 1 N–H and O–H groups in total. The van der Waals surface area contributed by atoms with Crippen molar-refractivity contribution < 1.29 is 9.53 Å². The number of amides is 1. The second-order valence-corrected chi connectivity index (χ2v) is 7.92. The Morgan fingerprint density at radius 1 is 1.17 bits per heavy atom. The number of aryl methyl sites for hydroxylation is 2. The quantitative estimate of drug-likeness (QED) is 0.516. The van der Waals surface area contributed by atoms with E-state index in [2.05, 4.69) is 15.5 Å². The van der Waals surface area contributed by atoms with Crippen LogP contribution in [0.4, 0.5) is 5.69 Å². The molecule has 0 fully saturated rings. The lowest BCUT2D eigenvalue weighted by Gasteiger charge is -2.10. The van der Waals surface area contributed by atoms with Gasteiger partial charge in [0.25, 0.3) is 0 Å². The molecule has 3 rings (SSSR count). The van der Waals surface area contributed by atoms with E-state index in [9.17, 15) is 4.79 Å². The molecule has 0 saturated heterocycles. The molecule has 0 atom stereocenters. The van der Waals surface area contributed by atoms with E-state index in [0.717, 1.165) is 11.3 Å². The fourth-order valence-electron chi connectivity index (χ4n) is 2.80. The summed E-state index contributed by atoms with van der Waals surface area (Å²) < 4.78 is 7.71. The number of anilines is 1. The van der Waals surface area contributed by atoms with Crippen molar-refractivity contribution in [3.63, 3.8) is 0 Å². The van der Waals surface area contributed by atoms with E-state index >= 15 is 0 Å². The third kappa shape index (κ3) is 5.74. The predicted molar refractivity (Wildman–Crippen MR) is 117 cm³/mol. The van der Waals surface area contributed by atoms with Gasteiger partial charge in [-0.3, -0.25) is 4.79 Å². The van der Waals surface area contributed by atoms with Crippen LogP contribution in [-0.2, 0) is 17.9 Å². The Labute approximate surface area is 179 Å². The minimum atomic E-state index is -0.0772. The number of hydrogen-bond acceptors (Lipinski definition) is 5. The summed E-state index contributed by atoms with van der Waals surface area (Å²) in [6.07, 6.45) is 0. The van der Waals surface area contributed by atoms with Gasteiger partial charge >= 0.3 is 0 Å². The Morgan fingerprint density at radius 3 is 2.62 bits per heavy atom. The van der Waals surface area contributed by atoms with E-state index in [1.54, 1.807) is 12.1 Å². The van der Waals surface area contributed by atoms with Crippen molar-refractivity contribution >= 4 is 35.0 Å². The maximum Gasteiger partial charge on any atom is 0.234 e. The zero-order chi connectivity index (χ0) is 20.8. The van der Waals surface area contributed by atoms with E-state index in [-0.39, 0.29) is 18.3 Å². The fourth-order valence-corrected chi connectivity index (χ4v) is 3.75. The average Bonchev–Trinajstić information content (AvgIpc) is 3.10. The molecular formula is C21H23ClN4O2S. The predicted octanol–water partition coefficient (Wildman–Crippen LogP) is 4.88. The molecule has 1 heterocycles. The topological polar surface area (TPSA) is 69.0 Å². The first-order valence-electron chi connectivity index (χ1n) is 9.26. The lowest BCUT2D eigenvalue weighted by atomic mass is 10.1. The molecule has 1 aromatic heterocycles. The van der Waals surface area contributed by atoms with Gasteiger partial charge in [-0.25, -0.2) is 0 Å². The Kier molecular flexibility index (Phi) is 7.17. The van der Waals surface area contributed by atoms with Crippen molar-refractivity contribution in [3.05, 3.63) is 64.4 Å². The highest BCUT2D eigenvalue weighted by Crippen LogP contribution is 2.21. The number of carbonyl (C=O) groups is 1. The van der Waals surface area contributed by atoms with Gasteiger partial charge in [-0.15, -0.1) is 10.2 Å². The molecule has 1 amide bonds. The molecule has 0 unspecified atom stereocenters. The van der Waals surface area contributed by atoms with Crippen molar-refractivity contribution in [1.29, 1.82) is 0 Å². The highest BCUT2D eigenvalue weighted by Gasteiger charge is 2.14. The number of halogens is 1. The maximum absolute atomic E-state index is 12.3. The maximum atomic E-state index is 12.3. The molecule has 0 spiro atoms. The summed E-state index contributed by atoms with van der Waals surface area (Å²) >= 11 is 7.25. The normalized spacial score (nSPS) is 10.8. The van der Waals surface area contributed by atoms with Gasteiger partial charge in [0, 0.05) is 17.3 Å². The molecule has 0 aliphatic rings. The summed E-state index contributed by atoms with van der Waals surface area (Å²) in [7, 11) is 0. The first-order valence-corrected chi connectivity index (χ1v) is 10.6. The van der Waals surface area contributed by atoms with Gasteiger partial charge in [0.05, 0.1) is 5.75 Å². The van der Waals surface area contributed by atoms with E-state index in [0.29, 0.717) is 28.3 Å². The van der Waals surface area contributed by atoms with Crippen molar-refractivity contribution in [1.82, 2.24) is 14.8 Å². The molecule has 8 heteroatoms. The number of ether oxygens (including phenoxy) is 1. The molecule has 0 aliphatic heterocycles. The standard InChI is InChI=1S/C21H23ClN4O2S/c1-4-26-19(12-28-17-8-6-16(22)7-9-17)24-25-21(26)29-13-20(27)23-18-10-5-14(2)11-15(18)3/h5-11H,4,12-13H2,1-3H3,(H,23,27). The Morgan fingerprint density at radius 2 is 1.93 bits per heavy atom. The summed E-state index contributed by atoms with van der Waals surface area (Å²) in [4.78, 5) is 12.3. The number of benzene rings is 2. The SMILES string of the molecule is CCn1c(COc2ccc(Cl)cc2)nnc1SCC(=O)Nc1ccc(C)cc1C. The molecule has 0 saturated carbocycles. The highest BCUT2D eigenvalue weighted by molar-refractivity contribution is 7.99. The van der Waals surface area contributed by atoms with Crippen molar-refractivity contribution in [2.24, 2.45) is 0 Å². The van der Waals surface area contributed by atoms with E-state index in [1.807, 2.05) is 55.7 Å². The summed E-state index contributed by atoms with van der Waals surface area (Å²) in [6.45, 7) is 7.00. The number of thioether (sulfide) groups is 1. The van der Waals surface area contributed by atoms with Gasteiger partial charge in [0.15, 0.2) is 11.0 Å². The molecule has 3 aromatic rings. The fraction of sp³-hybridized carbons (Fsp3) is 0.286. The number of aromatic nitrogens is 3. The van der Waals surface area contributed by atoms with Gasteiger partial charge in [-0.05, 0) is 56.7 Å². The third-order valence-electron chi connectivity index (χ3n) is 4.28. The number of nitrogens with one attached hydrogen (secondary N) is 1. The van der Waals surface area contributed by atoms with E-state index in [4.69, 9.17) is 16.3 Å². The van der Waals surface area contributed by atoms with Crippen LogP contribution >= 0.6 is 23.4 Å². The van der Waals surface area contributed by atoms with Gasteiger partial charge in [0.1, 0.15) is 12.4 Å². The summed E-state index contributed by atoms with van der Waals surface area (Å²) in [5, 5.41) is 12.7. The lowest BCUT2D eigenvalue weighted by Crippen LogP contribution is -2.15. The van der Waals surface area contributed by atoms with Crippen molar-refractivity contribution in [2.45, 2.75) is 39.1 Å². The van der Waals surface area contributed by atoms with Crippen LogP contribution in [0.1, 0.15) is 23.9 Å². The Balaban J connectivity index is 1.58. The first-order chi connectivity index (χ1) is 14.0. The number of carbonyl (C=O) groups excluding carboxylic acids is 1. The molecule has 0 radical (unpaired) electrons. The van der Waals surface area contributed by atoms with Crippen molar-refractivity contribution in [2.75, 3.05) is 11.1 Å². The number of rotatable bonds is 8. The van der Waals surface area contributed by atoms with Crippen LogP contribution in [0, 0.1) is 13.8 Å². The molecule has 0 aliphatic carbocycles. The first kappa shape index (κ1) is 21.2. The van der Waals surface area contributed by atoms with E-state index < -0.39 is 0 Å². The van der Waals surface area contributed by atoms with Crippen LogP contribution in [-0.4, -0.2) is 26.4 Å². The Bertz CT molecular complexity index is 989. The summed E-state index contributed by atoms with van der Waals surface area (Å²) in [6, 6.07) is 13.1. The minimum Gasteiger partial charge on any atom is -0.486 e. The van der Waals surface area contributed by atoms with Crippen LogP contribution in [0.2, 0.25) is 5.02 Å². The third-order valence-corrected chi connectivity index (χ3v) is 5.50. The molecule has 0 bridgehead atoms. The molecule has 2 aromatic carbocycles. The molecule has 6 nitrogen and oxygen atoms in total. The second-order valence-electron chi connectivity index (χ2n) is 6.54. The van der Waals surface area contributed by atoms with Gasteiger partial charge in [-0.2, -0.15) is 0 Å². The van der Waals surface area contributed by atoms with Crippen LogP contribution in [0.15, 0.2) is 47.6 Å². The average molecular weight is 431 g/mol. The Hall–Kier alpha value is -2.51. The zero-order valence-electron chi connectivity index (χ0n) is 16.6. The molecule has 152 valence electrons. The van der Waals surface area contributed by atoms with Crippen LogP contribution in [0.5, 0.6) is 5.75 Å². The second kappa shape index (κ2) is 9.80. The highest BCUT2D eigenvalue weighted by atomic mass is 35.5. The zero-order valence-corrected chi connectivity index (χ0v) is 18.2. The van der Waals surface area contributed by atoms with Gasteiger partial charge in [-0.1, -0.05) is 41.1 Å². The number of hydrogen-bond donors (Lipinski definition) is 1. The van der Waals surface area contributed by atoms with Gasteiger partial charge in [0.2, 0.25) is 5.91 Å².